The molecule has 1 fully saturated rings. The van der Waals surface area contributed by atoms with Crippen molar-refractivity contribution < 1.29 is 4.74 Å². The lowest BCUT2D eigenvalue weighted by Crippen LogP contribution is -2.37. The average Bonchev–Trinajstić information content (AvgIpc) is 3.37. The molecule has 7 heteroatoms. The molecule has 2 aliphatic rings. The topological polar surface area (TPSA) is 63.2 Å². The second kappa shape index (κ2) is 8.50. The SMILES string of the molecule is CCCc1nc2sc3c(NCCCN4CCOCC4)ncnc3c2c2c1CCC2. The second-order valence-corrected chi connectivity index (χ2v) is 9.03. The third kappa shape index (κ3) is 3.71. The number of pyridine rings is 1. The number of morpholine rings is 1. The van der Waals surface area contributed by atoms with E-state index in [9.17, 15) is 0 Å². The number of aryl methyl sites for hydroxylation is 2. The van der Waals surface area contributed by atoms with Crippen molar-refractivity contribution >= 4 is 37.6 Å². The van der Waals surface area contributed by atoms with Gasteiger partial charge in [-0.2, -0.15) is 0 Å². The first-order valence-corrected chi connectivity index (χ1v) is 11.8. The standard InChI is InChI=1S/C22H29N5OS/c1-2-5-17-15-6-3-7-16(15)18-19-20(29-22(18)26-17)21(25-14-24-19)23-8-4-9-27-10-12-28-13-11-27/h14H,2-13H2,1H3,(H,23,24,25). The first-order chi connectivity index (χ1) is 14.3. The van der Waals surface area contributed by atoms with Crippen LogP contribution in [0, 0.1) is 0 Å². The molecule has 5 rings (SSSR count). The predicted octanol–water partition coefficient (Wildman–Crippen LogP) is 3.81. The number of nitrogens with one attached hydrogen (secondary N) is 1. The van der Waals surface area contributed by atoms with Gasteiger partial charge in [0.05, 0.1) is 23.4 Å². The Morgan fingerprint density at radius 2 is 2.03 bits per heavy atom. The van der Waals surface area contributed by atoms with Crippen LogP contribution in [0.25, 0.3) is 20.4 Å². The highest BCUT2D eigenvalue weighted by Crippen LogP contribution is 2.41. The average molecular weight is 412 g/mol. The lowest BCUT2D eigenvalue weighted by molar-refractivity contribution is 0.0378. The minimum Gasteiger partial charge on any atom is -0.379 e. The smallest absolute Gasteiger partial charge is 0.147 e. The molecular formula is C22H29N5OS. The van der Waals surface area contributed by atoms with Crippen LogP contribution in [-0.4, -0.2) is 59.2 Å². The zero-order valence-corrected chi connectivity index (χ0v) is 18.0. The Morgan fingerprint density at radius 1 is 1.17 bits per heavy atom. The molecule has 29 heavy (non-hydrogen) atoms. The molecule has 3 aromatic heterocycles. The van der Waals surface area contributed by atoms with E-state index in [-0.39, 0.29) is 0 Å². The summed E-state index contributed by atoms with van der Waals surface area (Å²) in [7, 11) is 0. The van der Waals surface area contributed by atoms with Crippen LogP contribution in [0.4, 0.5) is 5.82 Å². The lowest BCUT2D eigenvalue weighted by atomic mass is 10.0. The summed E-state index contributed by atoms with van der Waals surface area (Å²) in [5, 5.41) is 4.86. The number of hydrogen-bond acceptors (Lipinski definition) is 7. The van der Waals surface area contributed by atoms with Gasteiger partial charge in [0.15, 0.2) is 0 Å². The van der Waals surface area contributed by atoms with Crippen LogP contribution in [0.2, 0.25) is 0 Å². The van der Waals surface area contributed by atoms with Crippen LogP contribution in [-0.2, 0) is 24.0 Å². The van der Waals surface area contributed by atoms with Gasteiger partial charge in [0.1, 0.15) is 17.0 Å². The molecule has 3 aromatic rings. The number of fused-ring (bicyclic) bond motifs is 5. The Kier molecular flexibility index (Phi) is 5.61. The van der Waals surface area contributed by atoms with Crippen molar-refractivity contribution in [2.75, 3.05) is 44.7 Å². The molecule has 0 aromatic carbocycles. The van der Waals surface area contributed by atoms with E-state index in [1.54, 1.807) is 17.7 Å². The predicted molar refractivity (Wildman–Crippen MR) is 119 cm³/mol. The summed E-state index contributed by atoms with van der Waals surface area (Å²) >= 11 is 1.75. The molecule has 6 nitrogen and oxygen atoms in total. The number of thiophene rings is 1. The maximum absolute atomic E-state index is 5.43. The third-order valence-electron chi connectivity index (χ3n) is 6.09. The summed E-state index contributed by atoms with van der Waals surface area (Å²) < 4.78 is 6.59. The van der Waals surface area contributed by atoms with Crippen LogP contribution in [0.15, 0.2) is 6.33 Å². The van der Waals surface area contributed by atoms with E-state index in [1.165, 1.54) is 35.0 Å². The Bertz CT molecular complexity index is 1010. The molecule has 0 unspecified atom stereocenters. The first-order valence-electron chi connectivity index (χ1n) is 11.0. The largest absolute Gasteiger partial charge is 0.379 e. The monoisotopic (exact) mass is 411 g/mol. The zero-order chi connectivity index (χ0) is 19.6. The Labute approximate surface area is 175 Å². The highest BCUT2D eigenvalue weighted by Gasteiger charge is 2.23. The Morgan fingerprint density at radius 3 is 2.90 bits per heavy atom. The van der Waals surface area contributed by atoms with Crippen molar-refractivity contribution in [3.63, 3.8) is 0 Å². The Hall–Kier alpha value is -1.83. The van der Waals surface area contributed by atoms with Gasteiger partial charge in [-0.15, -0.1) is 11.3 Å². The molecule has 0 radical (unpaired) electrons. The molecule has 0 atom stereocenters. The molecule has 4 heterocycles. The van der Waals surface area contributed by atoms with Gasteiger partial charge in [-0.25, -0.2) is 15.0 Å². The summed E-state index contributed by atoms with van der Waals surface area (Å²) in [4.78, 5) is 17.9. The fourth-order valence-corrected chi connectivity index (χ4v) is 5.82. The van der Waals surface area contributed by atoms with E-state index >= 15 is 0 Å². The molecular weight excluding hydrogens is 382 g/mol. The van der Waals surface area contributed by atoms with E-state index in [1.807, 2.05) is 0 Å². The van der Waals surface area contributed by atoms with E-state index in [4.69, 9.17) is 9.72 Å². The van der Waals surface area contributed by atoms with Crippen LogP contribution < -0.4 is 5.32 Å². The van der Waals surface area contributed by atoms with Crippen molar-refractivity contribution in [3.05, 3.63) is 23.1 Å². The van der Waals surface area contributed by atoms with Gasteiger partial charge in [0, 0.05) is 30.7 Å². The van der Waals surface area contributed by atoms with E-state index in [0.717, 1.165) is 85.9 Å². The van der Waals surface area contributed by atoms with Gasteiger partial charge < -0.3 is 10.1 Å². The number of anilines is 1. The quantitative estimate of drug-likeness (QED) is 0.597. The van der Waals surface area contributed by atoms with Crippen LogP contribution in [0.1, 0.15) is 43.0 Å². The highest BCUT2D eigenvalue weighted by molar-refractivity contribution is 7.26. The number of hydrogen-bond donors (Lipinski definition) is 1. The summed E-state index contributed by atoms with van der Waals surface area (Å²) in [6.45, 7) is 8.08. The minimum absolute atomic E-state index is 0.860. The first kappa shape index (κ1) is 19.2. The molecule has 154 valence electrons. The summed E-state index contributed by atoms with van der Waals surface area (Å²) in [6.07, 6.45) is 8.59. The maximum Gasteiger partial charge on any atom is 0.147 e. The summed E-state index contributed by atoms with van der Waals surface area (Å²) in [6, 6.07) is 0. The van der Waals surface area contributed by atoms with E-state index in [0.29, 0.717) is 0 Å². The lowest BCUT2D eigenvalue weighted by Gasteiger charge is -2.26. The normalized spacial score (nSPS) is 17.3. The van der Waals surface area contributed by atoms with Crippen molar-refractivity contribution in [2.24, 2.45) is 0 Å². The van der Waals surface area contributed by atoms with Gasteiger partial charge in [0.25, 0.3) is 0 Å². The summed E-state index contributed by atoms with van der Waals surface area (Å²) in [5.74, 6) is 0.962. The number of aromatic nitrogens is 3. The zero-order valence-electron chi connectivity index (χ0n) is 17.2. The number of rotatable bonds is 7. The van der Waals surface area contributed by atoms with Crippen molar-refractivity contribution in [2.45, 2.75) is 45.4 Å². The van der Waals surface area contributed by atoms with Crippen LogP contribution in [0.3, 0.4) is 0 Å². The van der Waals surface area contributed by atoms with Crippen LogP contribution >= 0.6 is 11.3 Å². The van der Waals surface area contributed by atoms with Crippen LogP contribution in [0.5, 0.6) is 0 Å². The molecule has 1 aliphatic carbocycles. The molecule has 0 saturated carbocycles. The van der Waals surface area contributed by atoms with Gasteiger partial charge >= 0.3 is 0 Å². The Balaban J connectivity index is 1.40. The molecule has 1 saturated heterocycles. The molecule has 1 aliphatic heterocycles. The van der Waals surface area contributed by atoms with Gasteiger partial charge in [-0.3, -0.25) is 4.90 Å². The number of ether oxygens (including phenoxy) is 1. The van der Waals surface area contributed by atoms with Crippen molar-refractivity contribution in [1.82, 2.24) is 19.9 Å². The molecule has 0 bridgehead atoms. The minimum atomic E-state index is 0.860. The van der Waals surface area contributed by atoms with Crippen molar-refractivity contribution in [1.29, 1.82) is 0 Å². The fourth-order valence-electron chi connectivity index (χ4n) is 4.68. The molecule has 0 amide bonds. The maximum atomic E-state index is 5.43. The van der Waals surface area contributed by atoms with Gasteiger partial charge in [0.2, 0.25) is 0 Å². The summed E-state index contributed by atoms with van der Waals surface area (Å²) in [5.41, 5.74) is 5.40. The fraction of sp³-hybridized carbons (Fsp3) is 0.591. The molecule has 1 N–H and O–H groups in total. The second-order valence-electron chi connectivity index (χ2n) is 8.04. The highest BCUT2D eigenvalue weighted by atomic mass is 32.1. The van der Waals surface area contributed by atoms with E-state index in [2.05, 4.69) is 27.1 Å². The van der Waals surface area contributed by atoms with E-state index < -0.39 is 0 Å². The van der Waals surface area contributed by atoms with Crippen molar-refractivity contribution in [3.8, 4) is 0 Å². The third-order valence-corrected chi connectivity index (χ3v) is 7.17. The number of nitrogens with zero attached hydrogens (tertiary/aromatic N) is 4. The molecule has 0 spiro atoms. The van der Waals surface area contributed by atoms with Gasteiger partial charge in [-0.05, 0) is 49.8 Å². The van der Waals surface area contributed by atoms with Gasteiger partial charge in [-0.1, -0.05) is 13.3 Å².